The molecule has 0 radical (unpaired) electrons. The molecule has 0 amide bonds. The first-order chi connectivity index (χ1) is 12.1. The lowest BCUT2D eigenvalue weighted by atomic mass is 10.2. The third kappa shape index (κ3) is 4.86. The summed E-state index contributed by atoms with van der Waals surface area (Å²) in [6.07, 6.45) is 0. The topological polar surface area (TPSA) is 46.1 Å². The average Bonchev–Trinajstić information content (AvgIpc) is 2.64. The molecule has 0 heterocycles. The Morgan fingerprint density at radius 1 is 1.12 bits per heavy atom. The van der Waals surface area contributed by atoms with Crippen LogP contribution in [-0.4, -0.2) is 39.2 Å². The normalized spacial score (nSPS) is 11.2. The molecule has 2 aromatic carbocycles. The van der Waals surface area contributed by atoms with Gasteiger partial charge in [-0.25, -0.2) is 4.39 Å². The van der Waals surface area contributed by atoms with Crippen molar-refractivity contribution in [3.8, 4) is 11.5 Å². The Kier molecular flexibility index (Phi) is 6.62. The number of hydrogen-bond donors (Lipinski definition) is 1. The number of nitrogens with one attached hydrogen (secondary N) is 1. The quantitative estimate of drug-likeness (QED) is 0.646. The number of halogens is 1. The third-order valence-corrected chi connectivity index (χ3v) is 3.87. The molecule has 2 rings (SSSR count). The van der Waals surface area contributed by atoms with Crippen molar-refractivity contribution < 1.29 is 13.9 Å². The van der Waals surface area contributed by atoms with Crippen LogP contribution in [0.3, 0.4) is 0 Å². The number of aliphatic imine (C=N–C) groups is 1. The molecule has 6 heteroatoms. The summed E-state index contributed by atoms with van der Waals surface area (Å²) in [6.45, 7) is 0.952. The van der Waals surface area contributed by atoms with Crippen molar-refractivity contribution in [3.05, 3.63) is 59.4 Å². The summed E-state index contributed by atoms with van der Waals surface area (Å²) in [7, 11) is 6.87. The van der Waals surface area contributed by atoms with Crippen LogP contribution in [0.2, 0.25) is 0 Å². The van der Waals surface area contributed by atoms with Crippen molar-refractivity contribution in [1.29, 1.82) is 0 Å². The minimum atomic E-state index is -0.232. The highest BCUT2D eigenvalue weighted by molar-refractivity contribution is 5.79. The van der Waals surface area contributed by atoms with Gasteiger partial charge in [-0.1, -0.05) is 18.2 Å². The molecule has 0 aliphatic carbocycles. The lowest BCUT2D eigenvalue weighted by molar-refractivity contribution is 0.382. The van der Waals surface area contributed by atoms with Crippen LogP contribution < -0.4 is 14.8 Å². The number of rotatable bonds is 6. The van der Waals surface area contributed by atoms with E-state index < -0.39 is 0 Å². The Balaban J connectivity index is 2.05. The molecule has 0 atom stereocenters. The average molecular weight is 345 g/mol. The second-order valence-corrected chi connectivity index (χ2v) is 5.53. The smallest absolute Gasteiger partial charge is 0.193 e. The van der Waals surface area contributed by atoms with Gasteiger partial charge in [0.1, 0.15) is 17.3 Å². The van der Waals surface area contributed by atoms with Crippen LogP contribution in [0.4, 0.5) is 4.39 Å². The van der Waals surface area contributed by atoms with E-state index in [0.717, 1.165) is 17.1 Å². The van der Waals surface area contributed by atoms with E-state index >= 15 is 0 Å². The first-order valence-electron chi connectivity index (χ1n) is 7.95. The van der Waals surface area contributed by atoms with Crippen LogP contribution in [-0.2, 0) is 13.1 Å². The first kappa shape index (κ1) is 18.6. The van der Waals surface area contributed by atoms with Gasteiger partial charge in [0.05, 0.1) is 14.2 Å². The fraction of sp³-hybridized carbons (Fsp3) is 0.316. The zero-order chi connectivity index (χ0) is 18.2. The summed E-state index contributed by atoms with van der Waals surface area (Å²) in [6, 6.07) is 12.4. The van der Waals surface area contributed by atoms with Gasteiger partial charge in [-0.2, -0.15) is 0 Å². The molecular formula is C19H24FN3O2. The Morgan fingerprint density at radius 2 is 1.88 bits per heavy atom. The van der Waals surface area contributed by atoms with Crippen LogP contribution >= 0.6 is 0 Å². The van der Waals surface area contributed by atoms with Crippen LogP contribution in [0.25, 0.3) is 0 Å². The lowest BCUT2D eigenvalue weighted by Crippen LogP contribution is -2.38. The molecular weight excluding hydrogens is 321 g/mol. The first-order valence-corrected chi connectivity index (χ1v) is 7.95. The molecule has 0 saturated heterocycles. The van der Waals surface area contributed by atoms with Crippen molar-refractivity contribution in [1.82, 2.24) is 10.2 Å². The van der Waals surface area contributed by atoms with Gasteiger partial charge < -0.3 is 19.7 Å². The molecule has 0 unspecified atom stereocenters. The number of ether oxygens (including phenoxy) is 2. The van der Waals surface area contributed by atoms with Crippen molar-refractivity contribution in [2.75, 3.05) is 28.3 Å². The maximum atomic E-state index is 13.7. The standard InChI is InChI=1S/C19H24FN3O2/c1-21-19(22-12-14-7-5-6-8-17(14)20)23(2)13-15-9-10-16(24-3)11-18(15)25-4/h5-11H,12-13H2,1-4H3,(H,21,22). The second-order valence-electron chi connectivity index (χ2n) is 5.53. The summed E-state index contributed by atoms with van der Waals surface area (Å²) in [4.78, 5) is 6.21. The number of nitrogens with zero attached hydrogens (tertiary/aromatic N) is 2. The predicted octanol–water partition coefficient (Wildman–Crippen LogP) is 3.05. The van der Waals surface area contributed by atoms with Crippen molar-refractivity contribution >= 4 is 5.96 Å². The summed E-state index contributed by atoms with van der Waals surface area (Å²) >= 11 is 0. The van der Waals surface area contributed by atoms with E-state index in [-0.39, 0.29) is 5.82 Å². The van der Waals surface area contributed by atoms with Gasteiger partial charge in [-0.3, -0.25) is 4.99 Å². The maximum absolute atomic E-state index is 13.7. The van der Waals surface area contributed by atoms with Gasteiger partial charge in [0.2, 0.25) is 0 Å². The lowest BCUT2D eigenvalue weighted by Gasteiger charge is -2.23. The zero-order valence-electron chi connectivity index (χ0n) is 15.0. The SMILES string of the molecule is CN=C(NCc1ccccc1F)N(C)Cc1ccc(OC)cc1OC. The van der Waals surface area contributed by atoms with E-state index in [4.69, 9.17) is 9.47 Å². The van der Waals surface area contributed by atoms with Crippen molar-refractivity contribution in [3.63, 3.8) is 0 Å². The summed E-state index contributed by atoms with van der Waals surface area (Å²) < 4.78 is 24.4. The van der Waals surface area contributed by atoms with Gasteiger partial charge in [-0.15, -0.1) is 0 Å². The number of hydrogen-bond acceptors (Lipinski definition) is 3. The fourth-order valence-corrected chi connectivity index (χ4v) is 2.51. The minimum Gasteiger partial charge on any atom is -0.497 e. The Hall–Kier alpha value is -2.76. The van der Waals surface area contributed by atoms with Crippen LogP contribution in [0.1, 0.15) is 11.1 Å². The number of guanidine groups is 1. The minimum absolute atomic E-state index is 0.232. The summed E-state index contributed by atoms with van der Waals surface area (Å²) in [5.41, 5.74) is 1.60. The summed E-state index contributed by atoms with van der Waals surface area (Å²) in [5.74, 6) is 1.92. The molecule has 5 nitrogen and oxygen atoms in total. The van der Waals surface area contributed by atoms with E-state index in [1.54, 1.807) is 33.4 Å². The Labute approximate surface area is 148 Å². The molecule has 0 bridgehead atoms. The van der Waals surface area contributed by atoms with Gasteiger partial charge in [0, 0.05) is 44.4 Å². The molecule has 1 N–H and O–H groups in total. The highest BCUT2D eigenvalue weighted by Crippen LogP contribution is 2.25. The monoisotopic (exact) mass is 345 g/mol. The Bertz CT molecular complexity index is 734. The fourth-order valence-electron chi connectivity index (χ4n) is 2.51. The van der Waals surface area contributed by atoms with Gasteiger partial charge in [0.15, 0.2) is 5.96 Å². The van der Waals surface area contributed by atoms with E-state index in [1.165, 1.54) is 6.07 Å². The molecule has 0 aliphatic heterocycles. The van der Waals surface area contributed by atoms with Crippen LogP contribution in [0, 0.1) is 5.82 Å². The molecule has 0 aromatic heterocycles. The van der Waals surface area contributed by atoms with Gasteiger partial charge >= 0.3 is 0 Å². The van der Waals surface area contributed by atoms with E-state index in [2.05, 4.69) is 10.3 Å². The van der Waals surface area contributed by atoms with E-state index in [0.29, 0.717) is 24.6 Å². The van der Waals surface area contributed by atoms with E-state index in [1.807, 2.05) is 36.2 Å². The van der Waals surface area contributed by atoms with Crippen molar-refractivity contribution in [2.45, 2.75) is 13.1 Å². The number of methoxy groups -OCH3 is 2. The highest BCUT2D eigenvalue weighted by atomic mass is 19.1. The van der Waals surface area contributed by atoms with Crippen molar-refractivity contribution in [2.24, 2.45) is 4.99 Å². The molecule has 0 fully saturated rings. The van der Waals surface area contributed by atoms with Gasteiger partial charge in [-0.05, 0) is 18.2 Å². The highest BCUT2D eigenvalue weighted by Gasteiger charge is 2.12. The summed E-state index contributed by atoms with van der Waals surface area (Å²) in [5, 5.41) is 3.18. The van der Waals surface area contributed by atoms with Crippen LogP contribution in [0.15, 0.2) is 47.5 Å². The molecule has 25 heavy (non-hydrogen) atoms. The van der Waals surface area contributed by atoms with Crippen LogP contribution in [0.5, 0.6) is 11.5 Å². The molecule has 0 spiro atoms. The third-order valence-electron chi connectivity index (χ3n) is 3.87. The van der Waals surface area contributed by atoms with Gasteiger partial charge in [0.25, 0.3) is 0 Å². The second kappa shape index (κ2) is 8.92. The molecule has 2 aromatic rings. The molecule has 0 aliphatic rings. The zero-order valence-corrected chi connectivity index (χ0v) is 15.0. The molecule has 134 valence electrons. The Morgan fingerprint density at radius 3 is 2.52 bits per heavy atom. The maximum Gasteiger partial charge on any atom is 0.193 e. The molecule has 0 saturated carbocycles. The predicted molar refractivity (Wildman–Crippen MR) is 97.6 cm³/mol. The number of benzene rings is 2. The largest absolute Gasteiger partial charge is 0.497 e. The van der Waals surface area contributed by atoms with E-state index in [9.17, 15) is 4.39 Å².